The average Bonchev–Trinajstić information content (AvgIpc) is 2.77. The summed E-state index contributed by atoms with van der Waals surface area (Å²) in [6.07, 6.45) is 0.722. The summed E-state index contributed by atoms with van der Waals surface area (Å²) in [4.78, 5) is 5.57. The zero-order chi connectivity index (χ0) is 12.1. The number of H-pyrrole nitrogens is 1. The Hall–Kier alpha value is -0.850. The number of benzene rings is 1. The summed E-state index contributed by atoms with van der Waals surface area (Å²) in [6.45, 7) is 0.581. The van der Waals surface area contributed by atoms with E-state index in [-0.39, 0.29) is 0 Å². The fraction of sp³-hybridized carbons (Fsp3) is 0.273. The molecule has 4 nitrogen and oxygen atoms in total. The Bertz CT molecular complexity index is 469. The minimum atomic E-state index is 0.581. The fourth-order valence-corrected chi connectivity index (χ4v) is 2.35. The maximum Gasteiger partial charge on any atom is 0.151 e. The summed E-state index contributed by atoms with van der Waals surface area (Å²) in [5.74, 6) is 2.47. The van der Waals surface area contributed by atoms with Crippen molar-refractivity contribution in [2.75, 3.05) is 6.54 Å². The molecule has 6 heteroatoms. The average molecular weight is 313 g/mol. The first-order chi connectivity index (χ1) is 8.28. The lowest BCUT2D eigenvalue weighted by atomic mass is 10.4. The lowest BCUT2D eigenvalue weighted by Crippen LogP contribution is -2.03. The second-order valence-corrected chi connectivity index (χ2v) is 5.44. The lowest BCUT2D eigenvalue weighted by molar-refractivity contribution is 0.874. The van der Waals surface area contributed by atoms with Crippen molar-refractivity contribution in [3.8, 4) is 0 Å². The molecule has 0 atom stereocenters. The van der Waals surface area contributed by atoms with Crippen LogP contribution in [0.3, 0.4) is 0 Å². The van der Waals surface area contributed by atoms with E-state index in [0.29, 0.717) is 6.54 Å². The Labute approximate surface area is 113 Å². The normalized spacial score (nSPS) is 10.7. The maximum atomic E-state index is 5.45. The van der Waals surface area contributed by atoms with Gasteiger partial charge in [0.2, 0.25) is 0 Å². The van der Waals surface area contributed by atoms with Crippen LogP contribution in [-0.2, 0) is 12.2 Å². The molecule has 0 radical (unpaired) electrons. The molecule has 90 valence electrons. The van der Waals surface area contributed by atoms with Gasteiger partial charge in [-0.1, -0.05) is 15.9 Å². The zero-order valence-corrected chi connectivity index (χ0v) is 11.6. The van der Waals surface area contributed by atoms with E-state index < -0.39 is 0 Å². The summed E-state index contributed by atoms with van der Waals surface area (Å²) < 4.78 is 1.09. The molecule has 1 heterocycles. The largest absolute Gasteiger partial charge is 0.330 e. The Morgan fingerprint density at radius 1 is 1.29 bits per heavy atom. The van der Waals surface area contributed by atoms with Crippen molar-refractivity contribution in [3.05, 3.63) is 40.4 Å². The van der Waals surface area contributed by atoms with E-state index >= 15 is 0 Å². The van der Waals surface area contributed by atoms with Gasteiger partial charge in [0.1, 0.15) is 5.82 Å². The molecule has 2 rings (SSSR count). The molecule has 0 spiro atoms. The molecule has 3 N–H and O–H groups in total. The predicted octanol–water partition coefficient (Wildman–Crippen LogP) is 2.36. The SMILES string of the molecule is NCCc1n[nH]c(CSc2ccc(Br)cc2)n1. The first-order valence-corrected chi connectivity index (χ1v) is 7.04. The molecule has 0 fully saturated rings. The second kappa shape index (κ2) is 6.18. The molecule has 0 aliphatic rings. The van der Waals surface area contributed by atoms with Crippen LogP contribution in [-0.4, -0.2) is 21.7 Å². The molecule has 0 amide bonds. The molecule has 0 saturated carbocycles. The van der Waals surface area contributed by atoms with Gasteiger partial charge in [0.25, 0.3) is 0 Å². The molecule has 1 aromatic carbocycles. The van der Waals surface area contributed by atoms with Gasteiger partial charge in [-0.15, -0.1) is 11.8 Å². The van der Waals surface area contributed by atoms with Crippen LogP contribution in [0.15, 0.2) is 33.6 Å². The predicted molar refractivity (Wildman–Crippen MR) is 72.8 cm³/mol. The summed E-state index contributed by atoms with van der Waals surface area (Å²) in [6, 6.07) is 8.21. The van der Waals surface area contributed by atoms with Crippen LogP contribution < -0.4 is 5.73 Å². The third-order valence-corrected chi connectivity index (χ3v) is 3.69. The van der Waals surface area contributed by atoms with Crippen LogP contribution in [0.1, 0.15) is 11.6 Å². The Balaban J connectivity index is 1.90. The number of halogens is 1. The van der Waals surface area contributed by atoms with Crippen LogP contribution in [0.2, 0.25) is 0 Å². The van der Waals surface area contributed by atoms with Crippen LogP contribution in [0, 0.1) is 0 Å². The Kier molecular flexibility index (Phi) is 4.58. The zero-order valence-electron chi connectivity index (χ0n) is 9.19. The number of rotatable bonds is 5. The number of hydrogen-bond acceptors (Lipinski definition) is 4. The van der Waals surface area contributed by atoms with Crippen molar-refractivity contribution in [1.82, 2.24) is 15.2 Å². The van der Waals surface area contributed by atoms with Crippen LogP contribution in [0.5, 0.6) is 0 Å². The minimum Gasteiger partial charge on any atom is -0.330 e. The van der Waals surface area contributed by atoms with Gasteiger partial charge in [0.05, 0.1) is 5.75 Å². The molecular weight excluding hydrogens is 300 g/mol. The van der Waals surface area contributed by atoms with Gasteiger partial charge in [-0.3, -0.25) is 5.10 Å². The summed E-state index contributed by atoms with van der Waals surface area (Å²) in [7, 11) is 0. The Morgan fingerprint density at radius 2 is 2.06 bits per heavy atom. The molecule has 2 aromatic rings. The molecular formula is C11H13BrN4S. The first-order valence-electron chi connectivity index (χ1n) is 5.26. The van der Waals surface area contributed by atoms with E-state index in [1.165, 1.54) is 4.90 Å². The molecule has 0 unspecified atom stereocenters. The van der Waals surface area contributed by atoms with Gasteiger partial charge in [0, 0.05) is 15.8 Å². The van der Waals surface area contributed by atoms with E-state index in [0.717, 1.165) is 28.3 Å². The highest BCUT2D eigenvalue weighted by molar-refractivity contribution is 9.10. The highest BCUT2D eigenvalue weighted by Gasteiger charge is 2.03. The van der Waals surface area contributed by atoms with Crippen molar-refractivity contribution in [3.63, 3.8) is 0 Å². The van der Waals surface area contributed by atoms with Crippen molar-refractivity contribution in [2.24, 2.45) is 5.73 Å². The molecule has 0 saturated heterocycles. The summed E-state index contributed by atoms with van der Waals surface area (Å²) in [5.41, 5.74) is 5.45. The van der Waals surface area contributed by atoms with Gasteiger partial charge in [-0.25, -0.2) is 4.98 Å². The van der Waals surface area contributed by atoms with Crippen LogP contribution in [0.25, 0.3) is 0 Å². The standard InChI is InChI=1S/C11H13BrN4S/c12-8-1-3-9(4-2-8)17-7-11-14-10(5-6-13)15-16-11/h1-4H,5-7,13H2,(H,14,15,16). The number of thioether (sulfide) groups is 1. The third kappa shape index (κ3) is 3.83. The van der Waals surface area contributed by atoms with Crippen LogP contribution >= 0.6 is 27.7 Å². The molecule has 17 heavy (non-hydrogen) atoms. The topological polar surface area (TPSA) is 67.6 Å². The smallest absolute Gasteiger partial charge is 0.151 e. The first kappa shape index (κ1) is 12.6. The minimum absolute atomic E-state index is 0.581. The van der Waals surface area contributed by atoms with Crippen molar-refractivity contribution >= 4 is 27.7 Å². The van der Waals surface area contributed by atoms with E-state index in [2.05, 4.69) is 43.2 Å². The number of nitrogens with two attached hydrogens (primary N) is 1. The summed E-state index contributed by atoms with van der Waals surface area (Å²) >= 11 is 5.14. The number of aromatic amines is 1. The van der Waals surface area contributed by atoms with E-state index in [9.17, 15) is 0 Å². The van der Waals surface area contributed by atoms with Crippen LogP contribution in [0.4, 0.5) is 0 Å². The van der Waals surface area contributed by atoms with E-state index in [1.54, 1.807) is 11.8 Å². The molecule has 1 aromatic heterocycles. The van der Waals surface area contributed by atoms with Gasteiger partial charge in [0.15, 0.2) is 5.82 Å². The van der Waals surface area contributed by atoms with Gasteiger partial charge < -0.3 is 5.73 Å². The highest BCUT2D eigenvalue weighted by Crippen LogP contribution is 2.23. The number of nitrogens with one attached hydrogen (secondary N) is 1. The van der Waals surface area contributed by atoms with Crippen molar-refractivity contribution in [2.45, 2.75) is 17.1 Å². The summed E-state index contributed by atoms with van der Waals surface area (Å²) in [5, 5.41) is 7.02. The lowest BCUT2D eigenvalue weighted by Gasteiger charge is -1.98. The van der Waals surface area contributed by atoms with Crippen molar-refractivity contribution in [1.29, 1.82) is 0 Å². The number of nitrogens with zero attached hydrogens (tertiary/aromatic N) is 2. The van der Waals surface area contributed by atoms with Gasteiger partial charge in [-0.2, -0.15) is 5.10 Å². The second-order valence-electron chi connectivity index (χ2n) is 3.48. The third-order valence-electron chi connectivity index (χ3n) is 2.14. The number of hydrogen-bond donors (Lipinski definition) is 2. The molecule has 0 aliphatic heterocycles. The van der Waals surface area contributed by atoms with Gasteiger partial charge in [-0.05, 0) is 30.8 Å². The van der Waals surface area contributed by atoms with E-state index in [4.69, 9.17) is 5.73 Å². The van der Waals surface area contributed by atoms with Crippen molar-refractivity contribution < 1.29 is 0 Å². The highest BCUT2D eigenvalue weighted by atomic mass is 79.9. The van der Waals surface area contributed by atoms with E-state index in [1.807, 2.05) is 12.1 Å². The maximum absolute atomic E-state index is 5.45. The monoisotopic (exact) mass is 312 g/mol. The number of aromatic nitrogens is 3. The fourth-order valence-electron chi connectivity index (χ4n) is 1.32. The molecule has 0 aliphatic carbocycles. The Morgan fingerprint density at radius 3 is 2.76 bits per heavy atom. The quantitative estimate of drug-likeness (QED) is 0.832. The van der Waals surface area contributed by atoms with Gasteiger partial charge >= 0.3 is 0 Å². The molecule has 0 bridgehead atoms.